The van der Waals surface area contributed by atoms with Crippen LogP contribution in [-0.2, 0) is 0 Å². The van der Waals surface area contributed by atoms with Gasteiger partial charge in [-0.3, -0.25) is 9.69 Å². The Hall–Kier alpha value is -1.99. The van der Waals surface area contributed by atoms with Crippen molar-refractivity contribution in [3.05, 3.63) is 30.2 Å². The number of fused-ring (bicyclic) bond motifs is 5. The summed E-state index contributed by atoms with van der Waals surface area (Å²) in [6.07, 6.45) is 8.76. The lowest BCUT2D eigenvalue weighted by Crippen LogP contribution is -2.65. The van der Waals surface area contributed by atoms with Crippen molar-refractivity contribution in [1.82, 2.24) is 29.3 Å². The summed E-state index contributed by atoms with van der Waals surface area (Å²) < 4.78 is 1.69. The summed E-state index contributed by atoms with van der Waals surface area (Å²) in [6.45, 7) is 4.02. The average Bonchev–Trinajstić information content (AvgIpc) is 3.14. The maximum Gasteiger partial charge on any atom is 0.274 e. The van der Waals surface area contributed by atoms with Crippen LogP contribution < -0.4 is 0 Å². The van der Waals surface area contributed by atoms with Gasteiger partial charge in [-0.05, 0) is 57.8 Å². The zero-order valence-electron chi connectivity index (χ0n) is 16.9. The largest absolute Gasteiger partial charge is 0.337 e. The monoisotopic (exact) mass is 382 g/mol. The first kappa shape index (κ1) is 18.1. The molecule has 0 N–H and O–H groups in total. The van der Waals surface area contributed by atoms with Gasteiger partial charge in [0, 0.05) is 50.2 Å². The standard InChI is InChI=1S/C21H30N6O/c1-24(2)14-19-16-10-15(18-6-3-4-8-26(18)19)12-25(13-16)21(28)17-11-20-22-7-5-9-27(20)23-17/h5,7,9,11,15-16,18-19H,3-4,6,8,10,12-14H2,1-2H3/t15-,16+,18+,19+/m1/s1. The smallest absolute Gasteiger partial charge is 0.274 e. The molecule has 3 aliphatic heterocycles. The summed E-state index contributed by atoms with van der Waals surface area (Å²) in [5.74, 6) is 1.21. The highest BCUT2D eigenvalue weighted by atomic mass is 16.2. The van der Waals surface area contributed by atoms with Crippen molar-refractivity contribution >= 4 is 11.6 Å². The van der Waals surface area contributed by atoms with Gasteiger partial charge in [0.25, 0.3) is 5.91 Å². The second kappa shape index (κ2) is 7.12. The first-order chi connectivity index (χ1) is 13.6. The Morgan fingerprint density at radius 3 is 2.93 bits per heavy atom. The van der Waals surface area contributed by atoms with Crippen LogP contribution in [0.15, 0.2) is 24.5 Å². The van der Waals surface area contributed by atoms with Crippen molar-refractivity contribution in [2.24, 2.45) is 11.8 Å². The minimum Gasteiger partial charge on any atom is -0.337 e. The number of amides is 1. The molecule has 0 saturated carbocycles. The first-order valence-corrected chi connectivity index (χ1v) is 10.6. The number of nitrogens with zero attached hydrogens (tertiary/aromatic N) is 6. The third-order valence-electron chi connectivity index (χ3n) is 6.92. The van der Waals surface area contributed by atoms with Crippen molar-refractivity contribution in [2.75, 3.05) is 40.3 Å². The zero-order chi connectivity index (χ0) is 19.3. The normalized spacial score (nSPS) is 30.6. The molecule has 1 amide bonds. The van der Waals surface area contributed by atoms with E-state index in [0.29, 0.717) is 29.6 Å². The second-order valence-electron chi connectivity index (χ2n) is 9.05. The molecule has 3 saturated heterocycles. The predicted octanol–water partition coefficient (Wildman–Crippen LogP) is 1.61. The predicted molar refractivity (Wildman–Crippen MR) is 107 cm³/mol. The highest BCUT2D eigenvalue weighted by molar-refractivity contribution is 5.93. The highest BCUT2D eigenvalue weighted by Crippen LogP contribution is 2.41. The Balaban J connectivity index is 1.41. The van der Waals surface area contributed by atoms with Crippen molar-refractivity contribution in [3.63, 3.8) is 0 Å². The highest BCUT2D eigenvalue weighted by Gasteiger charge is 2.48. The zero-order valence-corrected chi connectivity index (χ0v) is 16.9. The second-order valence-corrected chi connectivity index (χ2v) is 9.05. The molecule has 2 aromatic rings. The molecule has 3 aliphatic rings. The number of piperidine rings is 3. The molecule has 28 heavy (non-hydrogen) atoms. The van der Waals surface area contributed by atoms with E-state index in [2.05, 4.69) is 38.9 Å². The van der Waals surface area contributed by atoms with Gasteiger partial charge in [0.1, 0.15) is 0 Å². The van der Waals surface area contributed by atoms with E-state index in [4.69, 9.17) is 0 Å². The van der Waals surface area contributed by atoms with Crippen LogP contribution in [0.4, 0.5) is 0 Å². The molecular formula is C21H30N6O. The fraction of sp³-hybridized carbons (Fsp3) is 0.667. The summed E-state index contributed by atoms with van der Waals surface area (Å²) in [7, 11) is 4.33. The molecule has 2 bridgehead atoms. The van der Waals surface area contributed by atoms with E-state index in [1.807, 2.05) is 18.3 Å². The number of likely N-dealkylation sites (N-methyl/N-ethyl adjacent to an activating group) is 1. The van der Waals surface area contributed by atoms with Crippen LogP contribution in [-0.4, -0.2) is 87.6 Å². The topological polar surface area (TPSA) is 57.0 Å². The molecule has 0 aromatic carbocycles. The Bertz CT molecular complexity index is 830. The molecule has 0 spiro atoms. The van der Waals surface area contributed by atoms with E-state index >= 15 is 0 Å². The van der Waals surface area contributed by atoms with Crippen molar-refractivity contribution < 1.29 is 4.79 Å². The van der Waals surface area contributed by atoms with E-state index in [1.165, 1.54) is 32.2 Å². The maximum absolute atomic E-state index is 13.3. The van der Waals surface area contributed by atoms with Gasteiger partial charge in [0.2, 0.25) is 0 Å². The molecule has 7 heteroatoms. The summed E-state index contributed by atoms with van der Waals surface area (Å²) in [4.78, 5) is 24.8. The van der Waals surface area contributed by atoms with Crippen molar-refractivity contribution in [1.29, 1.82) is 0 Å². The quantitative estimate of drug-likeness (QED) is 0.807. The fourth-order valence-electron chi connectivity index (χ4n) is 5.80. The molecule has 2 aromatic heterocycles. The van der Waals surface area contributed by atoms with Crippen LogP contribution in [0.25, 0.3) is 5.65 Å². The van der Waals surface area contributed by atoms with Crippen LogP contribution in [0.1, 0.15) is 36.2 Å². The third kappa shape index (κ3) is 3.10. The number of rotatable bonds is 3. The molecule has 0 aliphatic carbocycles. The number of aromatic nitrogens is 3. The lowest BCUT2D eigenvalue weighted by atomic mass is 9.72. The van der Waals surface area contributed by atoms with Gasteiger partial charge in [-0.25, -0.2) is 9.50 Å². The van der Waals surface area contributed by atoms with E-state index in [0.717, 1.165) is 25.3 Å². The van der Waals surface area contributed by atoms with E-state index in [-0.39, 0.29) is 5.91 Å². The van der Waals surface area contributed by atoms with Crippen molar-refractivity contribution in [3.8, 4) is 0 Å². The minimum absolute atomic E-state index is 0.0630. The number of carbonyl (C=O) groups excluding carboxylic acids is 1. The Morgan fingerprint density at radius 1 is 1.25 bits per heavy atom. The first-order valence-electron chi connectivity index (χ1n) is 10.6. The van der Waals surface area contributed by atoms with Gasteiger partial charge in [-0.15, -0.1) is 0 Å². The SMILES string of the molecule is CN(C)C[C@H]1[C@H]2C[C@H](CN(C(=O)c3cc4ncccn4n3)C2)[C@@H]2CCCCN21. The van der Waals surface area contributed by atoms with Gasteiger partial charge in [-0.2, -0.15) is 5.10 Å². The average molecular weight is 383 g/mol. The lowest BCUT2D eigenvalue weighted by Gasteiger charge is -2.57. The van der Waals surface area contributed by atoms with Gasteiger partial charge in [-0.1, -0.05) is 6.42 Å². The Labute approximate surface area is 166 Å². The van der Waals surface area contributed by atoms with E-state index in [9.17, 15) is 4.79 Å². The molecular weight excluding hydrogens is 352 g/mol. The van der Waals surface area contributed by atoms with E-state index < -0.39 is 0 Å². The Morgan fingerprint density at radius 2 is 2.11 bits per heavy atom. The van der Waals surface area contributed by atoms with Crippen LogP contribution in [0, 0.1) is 11.8 Å². The number of hydrogen-bond acceptors (Lipinski definition) is 5. The molecule has 5 rings (SSSR count). The summed E-state index contributed by atoms with van der Waals surface area (Å²) in [6, 6.07) is 4.84. The number of likely N-dealkylation sites (tertiary alicyclic amines) is 1. The van der Waals surface area contributed by atoms with Gasteiger partial charge < -0.3 is 9.80 Å². The summed E-state index contributed by atoms with van der Waals surface area (Å²) in [5.41, 5.74) is 1.25. The molecule has 4 atom stereocenters. The summed E-state index contributed by atoms with van der Waals surface area (Å²) >= 11 is 0. The van der Waals surface area contributed by atoms with Gasteiger partial charge >= 0.3 is 0 Å². The third-order valence-corrected chi connectivity index (χ3v) is 6.92. The van der Waals surface area contributed by atoms with E-state index in [1.54, 1.807) is 10.7 Å². The van der Waals surface area contributed by atoms with Gasteiger partial charge in [0.05, 0.1) is 0 Å². The van der Waals surface area contributed by atoms with Crippen molar-refractivity contribution in [2.45, 2.75) is 37.8 Å². The maximum atomic E-state index is 13.3. The lowest BCUT2D eigenvalue weighted by molar-refractivity contribution is -0.0703. The molecule has 150 valence electrons. The van der Waals surface area contributed by atoms with Gasteiger partial charge in [0.15, 0.2) is 11.3 Å². The number of carbonyl (C=O) groups is 1. The van der Waals surface area contributed by atoms with Crippen LogP contribution in [0.5, 0.6) is 0 Å². The van der Waals surface area contributed by atoms with Crippen LogP contribution in [0.3, 0.4) is 0 Å². The molecule has 5 heterocycles. The Kier molecular flexibility index (Phi) is 4.59. The molecule has 7 nitrogen and oxygen atoms in total. The number of hydrogen-bond donors (Lipinski definition) is 0. The minimum atomic E-state index is 0.0630. The molecule has 0 unspecified atom stereocenters. The van der Waals surface area contributed by atoms with Crippen LogP contribution >= 0.6 is 0 Å². The fourth-order valence-corrected chi connectivity index (χ4v) is 5.80. The molecule has 0 radical (unpaired) electrons. The summed E-state index contributed by atoms with van der Waals surface area (Å²) in [5, 5.41) is 4.47. The van der Waals surface area contributed by atoms with Crippen LogP contribution in [0.2, 0.25) is 0 Å². The molecule has 3 fully saturated rings.